The predicted octanol–water partition coefficient (Wildman–Crippen LogP) is 1.25. The zero-order chi connectivity index (χ0) is 17.6. The molecule has 23 heavy (non-hydrogen) atoms. The van der Waals surface area contributed by atoms with Crippen molar-refractivity contribution in [1.29, 1.82) is 0 Å². The monoisotopic (exact) mass is 343 g/mol. The van der Waals surface area contributed by atoms with E-state index < -0.39 is 29.4 Å². The van der Waals surface area contributed by atoms with Gasteiger partial charge in [0.05, 0.1) is 0 Å². The summed E-state index contributed by atoms with van der Waals surface area (Å²) in [6, 6.07) is 0. The van der Waals surface area contributed by atoms with E-state index in [1.54, 1.807) is 20.8 Å². The maximum atomic E-state index is 11.7. The van der Waals surface area contributed by atoms with Crippen LogP contribution in [0, 0.1) is 0 Å². The number of nitrogens with zero attached hydrogens (tertiary/aromatic N) is 2. The molecule has 0 saturated heterocycles. The van der Waals surface area contributed by atoms with Crippen LogP contribution in [0.2, 0.25) is 0 Å². The summed E-state index contributed by atoms with van der Waals surface area (Å²) >= 11 is 1.02. The molecular formula is C13H17N3O6S. The number of rotatable bonds is 7. The highest BCUT2D eigenvalue weighted by atomic mass is 32.1. The van der Waals surface area contributed by atoms with E-state index in [-0.39, 0.29) is 10.8 Å². The number of hydrogen-bond acceptors (Lipinski definition) is 8. The number of carbonyl (C=O) groups excluding carboxylic acids is 2. The van der Waals surface area contributed by atoms with E-state index in [1.807, 2.05) is 0 Å². The van der Waals surface area contributed by atoms with Crippen LogP contribution in [-0.2, 0) is 24.0 Å². The van der Waals surface area contributed by atoms with Gasteiger partial charge in [-0.2, -0.15) is 0 Å². The van der Waals surface area contributed by atoms with Crippen molar-refractivity contribution in [1.82, 2.24) is 4.98 Å². The van der Waals surface area contributed by atoms with Gasteiger partial charge in [0.15, 0.2) is 5.13 Å². The van der Waals surface area contributed by atoms with Crippen LogP contribution in [0.25, 0.3) is 0 Å². The summed E-state index contributed by atoms with van der Waals surface area (Å²) in [5.74, 6) is -2.06. The number of carboxylic acid groups (broad SMARTS) is 1. The van der Waals surface area contributed by atoms with Crippen LogP contribution < -0.4 is 5.32 Å². The number of esters is 1. The first kappa shape index (κ1) is 18.6. The molecule has 0 aliphatic heterocycles. The molecule has 2 N–H and O–H groups in total. The molecule has 0 spiro atoms. The molecule has 0 bridgehead atoms. The molecule has 1 unspecified atom stereocenters. The van der Waals surface area contributed by atoms with Gasteiger partial charge in [0.2, 0.25) is 18.2 Å². The molecule has 1 amide bonds. The Balaban J connectivity index is 2.84. The van der Waals surface area contributed by atoms with E-state index in [0.717, 1.165) is 11.3 Å². The molecule has 0 radical (unpaired) electrons. The molecule has 1 atom stereocenters. The molecule has 10 heteroatoms. The minimum absolute atomic E-state index is 0.00300. The minimum atomic E-state index is -1.38. The van der Waals surface area contributed by atoms with Crippen molar-refractivity contribution in [2.45, 2.75) is 39.4 Å². The van der Waals surface area contributed by atoms with Gasteiger partial charge in [-0.05, 0) is 27.7 Å². The van der Waals surface area contributed by atoms with Crippen molar-refractivity contribution in [2.75, 3.05) is 5.32 Å². The van der Waals surface area contributed by atoms with Crippen LogP contribution in [0.5, 0.6) is 0 Å². The number of anilines is 1. The number of ether oxygens (including phenoxy) is 1. The second-order valence-corrected chi connectivity index (χ2v) is 6.18. The Morgan fingerprint density at radius 1 is 1.48 bits per heavy atom. The average molecular weight is 343 g/mol. The first-order valence-electron chi connectivity index (χ1n) is 6.50. The first-order valence-corrected chi connectivity index (χ1v) is 7.38. The topological polar surface area (TPSA) is 127 Å². The SMILES string of the molecule is CC(ON=C(C(=O)O)c1csc(NC=O)n1)C(=O)OC(C)(C)C. The first-order chi connectivity index (χ1) is 10.6. The van der Waals surface area contributed by atoms with Crippen LogP contribution >= 0.6 is 11.3 Å². The van der Waals surface area contributed by atoms with Crippen molar-refractivity contribution in [3.05, 3.63) is 11.1 Å². The van der Waals surface area contributed by atoms with Gasteiger partial charge in [0.25, 0.3) is 0 Å². The zero-order valence-corrected chi connectivity index (χ0v) is 13.8. The fraction of sp³-hybridized carbons (Fsp3) is 0.462. The van der Waals surface area contributed by atoms with E-state index in [2.05, 4.69) is 15.5 Å². The highest BCUT2D eigenvalue weighted by molar-refractivity contribution is 7.14. The number of thiazole rings is 1. The lowest BCUT2D eigenvalue weighted by atomic mass is 10.2. The summed E-state index contributed by atoms with van der Waals surface area (Å²) < 4.78 is 5.09. The Kier molecular flexibility index (Phi) is 6.19. The summed E-state index contributed by atoms with van der Waals surface area (Å²) in [5, 5.41) is 16.5. The number of aliphatic carboxylic acids is 1. The van der Waals surface area contributed by atoms with Crippen molar-refractivity contribution < 1.29 is 29.1 Å². The van der Waals surface area contributed by atoms with E-state index in [4.69, 9.17) is 14.7 Å². The molecule has 1 rings (SSSR count). The van der Waals surface area contributed by atoms with Crippen LogP contribution in [-0.4, -0.2) is 45.9 Å². The Morgan fingerprint density at radius 2 is 2.13 bits per heavy atom. The Labute approximate surface area is 136 Å². The lowest BCUT2D eigenvalue weighted by molar-refractivity contribution is -0.167. The fourth-order valence-electron chi connectivity index (χ4n) is 1.25. The third-order valence-electron chi connectivity index (χ3n) is 2.17. The largest absolute Gasteiger partial charge is 0.476 e. The fourth-order valence-corrected chi connectivity index (χ4v) is 1.91. The molecule has 0 saturated carbocycles. The van der Waals surface area contributed by atoms with Gasteiger partial charge in [-0.15, -0.1) is 11.3 Å². The average Bonchev–Trinajstić information content (AvgIpc) is 2.85. The summed E-state index contributed by atoms with van der Waals surface area (Å²) in [6.45, 7) is 6.47. The number of amides is 1. The van der Waals surface area contributed by atoms with Gasteiger partial charge < -0.3 is 20.0 Å². The molecule has 1 aromatic rings. The van der Waals surface area contributed by atoms with Gasteiger partial charge in [0, 0.05) is 5.38 Å². The lowest BCUT2D eigenvalue weighted by Gasteiger charge is -2.21. The Hall–Kier alpha value is -2.49. The van der Waals surface area contributed by atoms with Gasteiger partial charge in [-0.1, -0.05) is 5.16 Å². The molecule has 126 valence electrons. The minimum Gasteiger partial charge on any atom is -0.476 e. The Morgan fingerprint density at radius 3 is 2.65 bits per heavy atom. The summed E-state index contributed by atoms with van der Waals surface area (Å²) in [7, 11) is 0. The maximum absolute atomic E-state index is 11.7. The van der Waals surface area contributed by atoms with Crippen LogP contribution in [0.3, 0.4) is 0 Å². The molecule has 1 aromatic heterocycles. The zero-order valence-electron chi connectivity index (χ0n) is 13.0. The summed E-state index contributed by atoms with van der Waals surface area (Å²) in [5.41, 5.74) is -1.18. The highest BCUT2D eigenvalue weighted by Crippen LogP contribution is 2.16. The predicted molar refractivity (Wildman–Crippen MR) is 82.4 cm³/mol. The van der Waals surface area contributed by atoms with Crippen LogP contribution in [0.15, 0.2) is 10.5 Å². The van der Waals surface area contributed by atoms with E-state index in [1.165, 1.54) is 12.3 Å². The number of oxime groups is 1. The Bertz CT molecular complexity index is 619. The number of nitrogens with one attached hydrogen (secondary N) is 1. The molecular weight excluding hydrogens is 326 g/mol. The van der Waals surface area contributed by atoms with Gasteiger partial charge in [-0.25, -0.2) is 14.6 Å². The van der Waals surface area contributed by atoms with Crippen LogP contribution in [0.1, 0.15) is 33.4 Å². The van der Waals surface area contributed by atoms with Gasteiger partial charge in [-0.3, -0.25) is 4.79 Å². The molecule has 0 fully saturated rings. The molecule has 0 aliphatic rings. The molecule has 0 aromatic carbocycles. The quantitative estimate of drug-likeness (QED) is 0.330. The van der Waals surface area contributed by atoms with E-state index in [0.29, 0.717) is 6.41 Å². The van der Waals surface area contributed by atoms with E-state index >= 15 is 0 Å². The number of carbonyl (C=O) groups is 3. The molecule has 1 heterocycles. The summed E-state index contributed by atoms with van der Waals surface area (Å²) in [4.78, 5) is 42.1. The van der Waals surface area contributed by atoms with Crippen LogP contribution in [0.4, 0.5) is 5.13 Å². The molecule has 9 nitrogen and oxygen atoms in total. The number of carboxylic acids is 1. The van der Waals surface area contributed by atoms with Crippen molar-refractivity contribution in [3.63, 3.8) is 0 Å². The summed E-state index contributed by atoms with van der Waals surface area (Å²) in [6.07, 6.45) is -0.670. The van der Waals surface area contributed by atoms with Crippen molar-refractivity contribution >= 4 is 40.5 Å². The third kappa shape index (κ3) is 6.02. The van der Waals surface area contributed by atoms with Gasteiger partial charge >= 0.3 is 11.9 Å². The maximum Gasteiger partial charge on any atom is 0.360 e. The second-order valence-electron chi connectivity index (χ2n) is 5.33. The normalized spacial score (nSPS) is 13.1. The molecule has 0 aliphatic carbocycles. The van der Waals surface area contributed by atoms with E-state index in [9.17, 15) is 14.4 Å². The standard InChI is InChI=1S/C13H17N3O6S/c1-7(11(20)21-13(2,3)4)22-16-9(10(18)19)8-5-23-12(15-8)14-6-17/h5-7H,1-4H3,(H,18,19)(H,14,15,17). The van der Waals surface area contributed by atoms with Crippen molar-refractivity contribution in [3.8, 4) is 0 Å². The smallest absolute Gasteiger partial charge is 0.360 e. The van der Waals surface area contributed by atoms with Gasteiger partial charge in [0.1, 0.15) is 11.3 Å². The lowest BCUT2D eigenvalue weighted by Crippen LogP contribution is -2.31. The van der Waals surface area contributed by atoms with Crippen molar-refractivity contribution in [2.24, 2.45) is 5.16 Å². The number of aromatic nitrogens is 1. The second kappa shape index (κ2) is 7.68. The highest BCUT2D eigenvalue weighted by Gasteiger charge is 2.24. The third-order valence-corrected chi connectivity index (χ3v) is 2.95. The number of hydrogen-bond donors (Lipinski definition) is 2.